The maximum atomic E-state index is 12.2. The van der Waals surface area contributed by atoms with Crippen molar-refractivity contribution in [1.29, 1.82) is 0 Å². The molecule has 1 saturated heterocycles. The maximum Gasteiger partial charge on any atom is 0.410 e. The third-order valence-electron chi connectivity index (χ3n) is 4.35. The van der Waals surface area contributed by atoms with E-state index in [0.29, 0.717) is 19.5 Å². The molecule has 23 heavy (non-hydrogen) atoms. The number of nitrogens with zero attached hydrogens (tertiary/aromatic N) is 1. The number of aliphatic hydroxyl groups is 1. The van der Waals surface area contributed by atoms with Crippen molar-refractivity contribution < 1.29 is 14.6 Å². The second-order valence-electron chi connectivity index (χ2n) is 7.25. The van der Waals surface area contributed by atoms with Crippen molar-refractivity contribution in [3.05, 3.63) is 22.1 Å². The highest BCUT2D eigenvalue weighted by molar-refractivity contribution is 5.68. The quantitative estimate of drug-likeness (QED) is 0.785. The number of hydrogen-bond donors (Lipinski definition) is 3. The Labute approximate surface area is 136 Å². The summed E-state index contributed by atoms with van der Waals surface area (Å²) in [6.45, 7) is 6.83. The zero-order valence-corrected chi connectivity index (χ0v) is 14.1. The topological polar surface area (TPSA) is 98.4 Å². The fourth-order valence-corrected chi connectivity index (χ4v) is 3.13. The van der Waals surface area contributed by atoms with Crippen LogP contribution in [0.5, 0.6) is 0 Å². The Morgan fingerprint density at radius 2 is 2.00 bits per heavy atom. The normalized spacial score (nSPS) is 18.0. The van der Waals surface area contributed by atoms with Gasteiger partial charge in [0.25, 0.3) is 5.56 Å². The summed E-state index contributed by atoms with van der Waals surface area (Å²) in [6, 6.07) is 1.58. The van der Waals surface area contributed by atoms with Crippen LogP contribution in [-0.4, -0.2) is 51.6 Å². The summed E-state index contributed by atoms with van der Waals surface area (Å²) in [6.07, 6.45) is 2.62. The van der Waals surface area contributed by atoms with Gasteiger partial charge in [-0.3, -0.25) is 9.89 Å². The zero-order chi connectivity index (χ0) is 17.1. The first-order valence-corrected chi connectivity index (χ1v) is 8.13. The summed E-state index contributed by atoms with van der Waals surface area (Å²) in [5.41, 5.74) is -0.00727. The minimum absolute atomic E-state index is 0.117. The van der Waals surface area contributed by atoms with E-state index in [9.17, 15) is 9.59 Å². The fourth-order valence-electron chi connectivity index (χ4n) is 3.13. The van der Waals surface area contributed by atoms with Crippen LogP contribution in [0.2, 0.25) is 0 Å². The standard InChI is InChI=1S/C16H27N3O4/c1-15(2,3)23-14(22)19-8-6-16(7-9-19,5-4-10-20)12-11-13(21)18-17-12/h11,20H,4-10H2,1-3H3,(H2,17,18,21). The van der Waals surface area contributed by atoms with Gasteiger partial charge in [-0.2, -0.15) is 0 Å². The molecule has 0 aliphatic carbocycles. The van der Waals surface area contributed by atoms with Gasteiger partial charge < -0.3 is 19.8 Å². The monoisotopic (exact) mass is 325 g/mol. The van der Waals surface area contributed by atoms with Crippen molar-refractivity contribution >= 4 is 6.09 Å². The molecule has 0 atom stereocenters. The molecular weight excluding hydrogens is 298 g/mol. The third kappa shape index (κ3) is 4.37. The molecule has 3 N–H and O–H groups in total. The van der Waals surface area contributed by atoms with Gasteiger partial charge in [-0.25, -0.2) is 4.79 Å². The van der Waals surface area contributed by atoms with Gasteiger partial charge >= 0.3 is 6.09 Å². The maximum absolute atomic E-state index is 12.2. The van der Waals surface area contributed by atoms with Gasteiger partial charge in [0.15, 0.2) is 0 Å². The molecular formula is C16H27N3O4. The molecule has 0 radical (unpaired) electrons. The summed E-state index contributed by atoms with van der Waals surface area (Å²) < 4.78 is 5.42. The summed E-state index contributed by atoms with van der Waals surface area (Å²) in [4.78, 5) is 25.4. The number of carbonyl (C=O) groups is 1. The van der Waals surface area contributed by atoms with Gasteiger partial charge in [0.05, 0.1) is 0 Å². The van der Waals surface area contributed by atoms with Crippen LogP contribution in [-0.2, 0) is 10.2 Å². The zero-order valence-electron chi connectivity index (χ0n) is 14.1. The number of hydrogen-bond acceptors (Lipinski definition) is 4. The number of ether oxygens (including phenoxy) is 1. The minimum Gasteiger partial charge on any atom is -0.444 e. The van der Waals surface area contributed by atoms with Crippen molar-refractivity contribution in [3.8, 4) is 0 Å². The van der Waals surface area contributed by atoms with Crippen LogP contribution in [0, 0.1) is 0 Å². The highest BCUT2D eigenvalue weighted by Crippen LogP contribution is 2.38. The van der Waals surface area contributed by atoms with Crippen molar-refractivity contribution in [3.63, 3.8) is 0 Å². The Bertz CT molecular complexity index is 577. The van der Waals surface area contributed by atoms with Gasteiger partial charge in [-0.15, -0.1) is 0 Å². The molecule has 7 heteroatoms. The summed E-state index contributed by atoms with van der Waals surface area (Å²) in [7, 11) is 0. The second kappa shape index (κ2) is 6.78. The van der Waals surface area contributed by atoms with Crippen LogP contribution in [0.15, 0.2) is 10.9 Å². The molecule has 7 nitrogen and oxygen atoms in total. The van der Waals surface area contributed by atoms with Crippen LogP contribution < -0.4 is 5.56 Å². The number of amides is 1. The van der Waals surface area contributed by atoms with Crippen molar-refractivity contribution in [2.75, 3.05) is 19.7 Å². The lowest BCUT2D eigenvalue weighted by atomic mass is 9.72. The van der Waals surface area contributed by atoms with Gasteiger partial charge in [0, 0.05) is 36.9 Å². The van der Waals surface area contributed by atoms with E-state index >= 15 is 0 Å². The summed E-state index contributed by atoms with van der Waals surface area (Å²) >= 11 is 0. The number of likely N-dealkylation sites (tertiary alicyclic amines) is 1. The van der Waals surface area contributed by atoms with Crippen molar-refractivity contribution in [2.24, 2.45) is 0 Å². The van der Waals surface area contributed by atoms with E-state index in [0.717, 1.165) is 25.0 Å². The molecule has 0 unspecified atom stereocenters. The lowest BCUT2D eigenvalue weighted by Gasteiger charge is -2.41. The van der Waals surface area contributed by atoms with Crippen LogP contribution >= 0.6 is 0 Å². The molecule has 0 spiro atoms. The van der Waals surface area contributed by atoms with Crippen LogP contribution in [0.1, 0.15) is 52.1 Å². The molecule has 0 bridgehead atoms. The smallest absolute Gasteiger partial charge is 0.410 e. The van der Waals surface area contributed by atoms with E-state index in [-0.39, 0.29) is 23.7 Å². The molecule has 1 aromatic heterocycles. The SMILES string of the molecule is CC(C)(C)OC(=O)N1CCC(CCCO)(c2cc(=O)[nH][nH]2)CC1. The van der Waals surface area contributed by atoms with E-state index < -0.39 is 5.60 Å². The van der Waals surface area contributed by atoms with E-state index in [2.05, 4.69) is 10.2 Å². The highest BCUT2D eigenvalue weighted by atomic mass is 16.6. The highest BCUT2D eigenvalue weighted by Gasteiger charge is 2.39. The average Bonchev–Trinajstić information content (AvgIpc) is 2.91. The molecule has 0 aromatic carbocycles. The number of aromatic nitrogens is 2. The molecule has 1 fully saturated rings. The minimum atomic E-state index is -0.506. The molecule has 1 aliphatic heterocycles. The number of aliphatic hydroxyl groups excluding tert-OH is 1. The number of aromatic amines is 2. The molecule has 2 heterocycles. The molecule has 1 aliphatic rings. The Balaban J connectivity index is 2.08. The lowest BCUT2D eigenvalue weighted by Crippen LogP contribution is -2.47. The van der Waals surface area contributed by atoms with E-state index in [1.165, 1.54) is 0 Å². The molecule has 1 amide bonds. The van der Waals surface area contributed by atoms with E-state index in [1.807, 2.05) is 20.8 Å². The molecule has 2 rings (SSSR count). The molecule has 1 aromatic rings. The first-order chi connectivity index (χ1) is 10.8. The largest absolute Gasteiger partial charge is 0.444 e. The molecule has 0 saturated carbocycles. The number of H-pyrrole nitrogens is 2. The predicted octanol–water partition coefficient (Wildman–Crippen LogP) is 1.74. The average molecular weight is 325 g/mol. The number of rotatable bonds is 4. The fraction of sp³-hybridized carbons (Fsp3) is 0.750. The van der Waals surface area contributed by atoms with Crippen LogP contribution in [0.3, 0.4) is 0 Å². The number of nitrogens with one attached hydrogen (secondary N) is 2. The predicted molar refractivity (Wildman–Crippen MR) is 86.5 cm³/mol. The van der Waals surface area contributed by atoms with E-state index in [4.69, 9.17) is 9.84 Å². The summed E-state index contributed by atoms with van der Waals surface area (Å²) in [5.74, 6) is 0. The van der Waals surface area contributed by atoms with E-state index in [1.54, 1.807) is 11.0 Å². The number of piperidine rings is 1. The third-order valence-corrected chi connectivity index (χ3v) is 4.35. The number of carbonyl (C=O) groups excluding carboxylic acids is 1. The molecule has 130 valence electrons. The second-order valence-corrected chi connectivity index (χ2v) is 7.25. The van der Waals surface area contributed by atoms with Crippen LogP contribution in [0.4, 0.5) is 4.79 Å². The van der Waals surface area contributed by atoms with Crippen molar-refractivity contribution in [2.45, 2.75) is 57.5 Å². The Hall–Kier alpha value is -1.76. The van der Waals surface area contributed by atoms with Gasteiger partial charge in [-0.1, -0.05) is 0 Å². The van der Waals surface area contributed by atoms with Crippen molar-refractivity contribution in [1.82, 2.24) is 15.1 Å². The Morgan fingerprint density at radius 1 is 1.35 bits per heavy atom. The summed E-state index contributed by atoms with van der Waals surface area (Å²) in [5, 5.41) is 14.7. The Kier molecular flexibility index (Phi) is 5.19. The van der Waals surface area contributed by atoms with Gasteiger partial charge in [-0.05, 0) is 46.5 Å². The lowest BCUT2D eigenvalue weighted by molar-refractivity contribution is 0.0152. The Morgan fingerprint density at radius 3 is 2.48 bits per heavy atom. The van der Waals surface area contributed by atoms with Crippen LogP contribution in [0.25, 0.3) is 0 Å². The van der Waals surface area contributed by atoms with Gasteiger partial charge in [0.1, 0.15) is 5.60 Å². The first-order valence-electron chi connectivity index (χ1n) is 8.13. The van der Waals surface area contributed by atoms with Gasteiger partial charge in [0.2, 0.25) is 0 Å². The first kappa shape index (κ1) is 17.6.